The lowest BCUT2D eigenvalue weighted by Gasteiger charge is -2.35. The van der Waals surface area contributed by atoms with Gasteiger partial charge in [0, 0.05) is 23.8 Å². The Morgan fingerprint density at radius 3 is 2.39 bits per heavy atom. The number of morpholine rings is 1. The number of hydrogen-bond donors (Lipinski definition) is 0. The van der Waals surface area contributed by atoms with Gasteiger partial charge < -0.3 is 9.64 Å². The smallest absolute Gasteiger partial charge is 0.131 e. The third kappa shape index (κ3) is 2.48. The molecule has 0 saturated carbocycles. The number of nitrogens with zero attached hydrogens (tertiary/aromatic N) is 1. The van der Waals surface area contributed by atoms with Crippen LogP contribution in [0.4, 0.5) is 14.5 Å². The van der Waals surface area contributed by atoms with Crippen LogP contribution in [0.25, 0.3) is 0 Å². The Hall–Kier alpha value is -1.16. The Kier molecular flexibility index (Phi) is 3.85. The molecule has 18 heavy (non-hydrogen) atoms. The number of halogens is 2. The maximum Gasteiger partial charge on any atom is 0.131 e. The minimum Gasteiger partial charge on any atom is -0.377 e. The van der Waals surface area contributed by atoms with E-state index in [0.717, 1.165) is 0 Å². The van der Waals surface area contributed by atoms with Gasteiger partial charge in [-0.25, -0.2) is 8.78 Å². The quantitative estimate of drug-likeness (QED) is 0.804. The van der Waals surface area contributed by atoms with Gasteiger partial charge >= 0.3 is 0 Å². The average molecular weight is 255 g/mol. The van der Waals surface area contributed by atoms with Crippen LogP contribution < -0.4 is 4.90 Å². The number of benzene rings is 1. The van der Waals surface area contributed by atoms with Gasteiger partial charge in [-0.2, -0.15) is 0 Å². The maximum atomic E-state index is 13.9. The summed E-state index contributed by atoms with van der Waals surface area (Å²) >= 11 is 0. The summed E-state index contributed by atoms with van der Waals surface area (Å²) in [5.74, 6) is -1.07. The van der Waals surface area contributed by atoms with Crippen molar-refractivity contribution in [1.29, 1.82) is 0 Å². The van der Waals surface area contributed by atoms with Gasteiger partial charge in [-0.05, 0) is 25.0 Å². The molecule has 1 aromatic rings. The summed E-state index contributed by atoms with van der Waals surface area (Å²) < 4.78 is 33.2. The molecule has 2 rings (SSSR count). The Labute approximate surface area is 107 Å². The van der Waals surface area contributed by atoms with E-state index in [4.69, 9.17) is 4.74 Å². The molecule has 1 saturated heterocycles. The van der Waals surface area contributed by atoms with E-state index >= 15 is 0 Å². The predicted octanol–water partition coefficient (Wildman–Crippen LogP) is 3.31. The summed E-state index contributed by atoms with van der Waals surface area (Å²) in [6, 6.07) is 3.00. The molecule has 0 radical (unpaired) electrons. The van der Waals surface area contributed by atoms with Gasteiger partial charge in [0.25, 0.3) is 0 Å². The van der Waals surface area contributed by atoms with Gasteiger partial charge in [-0.3, -0.25) is 0 Å². The third-order valence-corrected chi connectivity index (χ3v) is 3.34. The molecule has 1 aliphatic rings. The van der Waals surface area contributed by atoms with Crippen molar-refractivity contribution in [2.24, 2.45) is 0 Å². The van der Waals surface area contributed by atoms with Crippen molar-refractivity contribution in [2.75, 3.05) is 24.7 Å². The summed E-state index contributed by atoms with van der Waals surface area (Å²) in [5.41, 5.74) is 0.768. The summed E-state index contributed by atoms with van der Waals surface area (Å²) in [7, 11) is 0. The Bertz CT molecular complexity index is 411. The van der Waals surface area contributed by atoms with E-state index in [-0.39, 0.29) is 17.5 Å². The number of rotatable bonds is 2. The first-order chi connectivity index (χ1) is 8.50. The van der Waals surface area contributed by atoms with Gasteiger partial charge in [0.1, 0.15) is 11.6 Å². The van der Waals surface area contributed by atoms with E-state index in [9.17, 15) is 8.78 Å². The van der Waals surface area contributed by atoms with Crippen LogP contribution in [0.15, 0.2) is 12.1 Å². The Morgan fingerprint density at radius 1 is 1.28 bits per heavy atom. The first-order valence-electron chi connectivity index (χ1n) is 6.34. The van der Waals surface area contributed by atoms with Gasteiger partial charge in [0.15, 0.2) is 0 Å². The van der Waals surface area contributed by atoms with Crippen molar-refractivity contribution < 1.29 is 13.5 Å². The van der Waals surface area contributed by atoms with Crippen LogP contribution in [0.2, 0.25) is 0 Å². The highest BCUT2D eigenvalue weighted by Gasteiger charge is 2.22. The van der Waals surface area contributed by atoms with Crippen molar-refractivity contribution >= 4 is 5.69 Å². The lowest BCUT2D eigenvalue weighted by molar-refractivity contribution is 0.0989. The first-order valence-corrected chi connectivity index (χ1v) is 6.34. The molecular weight excluding hydrogens is 236 g/mol. The van der Waals surface area contributed by atoms with E-state index < -0.39 is 11.6 Å². The molecule has 0 unspecified atom stereocenters. The van der Waals surface area contributed by atoms with Crippen molar-refractivity contribution in [3.05, 3.63) is 29.3 Å². The Morgan fingerprint density at radius 2 is 1.89 bits per heavy atom. The molecule has 1 atom stereocenters. The summed E-state index contributed by atoms with van der Waals surface area (Å²) in [4.78, 5) is 1.99. The van der Waals surface area contributed by atoms with Crippen LogP contribution >= 0.6 is 0 Å². The highest BCUT2D eigenvalue weighted by atomic mass is 19.1. The van der Waals surface area contributed by atoms with Gasteiger partial charge in [0.2, 0.25) is 0 Å². The fourth-order valence-corrected chi connectivity index (χ4v) is 2.40. The fraction of sp³-hybridized carbons (Fsp3) is 0.571. The summed E-state index contributed by atoms with van der Waals surface area (Å²) in [5, 5.41) is 0. The van der Waals surface area contributed by atoms with Crippen LogP contribution in [-0.2, 0) is 4.74 Å². The largest absolute Gasteiger partial charge is 0.377 e. The third-order valence-electron chi connectivity index (χ3n) is 3.34. The number of anilines is 1. The van der Waals surface area contributed by atoms with Crippen molar-refractivity contribution in [1.82, 2.24) is 0 Å². The summed E-state index contributed by atoms with van der Waals surface area (Å²) in [6.45, 7) is 7.43. The van der Waals surface area contributed by atoms with E-state index in [1.807, 2.05) is 11.8 Å². The molecule has 0 amide bonds. The molecule has 2 nitrogen and oxygen atoms in total. The van der Waals surface area contributed by atoms with Crippen molar-refractivity contribution in [3.8, 4) is 0 Å². The monoisotopic (exact) mass is 255 g/mol. The minimum absolute atomic E-state index is 0.141. The van der Waals surface area contributed by atoms with Gasteiger partial charge in [0.05, 0.1) is 13.2 Å². The summed E-state index contributed by atoms with van der Waals surface area (Å²) in [6.07, 6.45) is 0. The zero-order valence-corrected chi connectivity index (χ0v) is 11.0. The molecule has 100 valence electrons. The van der Waals surface area contributed by atoms with Crippen molar-refractivity contribution in [3.63, 3.8) is 0 Å². The lowest BCUT2D eigenvalue weighted by atomic mass is 10.0. The molecule has 1 fully saturated rings. The molecule has 0 aliphatic carbocycles. The van der Waals surface area contributed by atoms with Gasteiger partial charge in [-0.15, -0.1) is 0 Å². The fourth-order valence-electron chi connectivity index (χ4n) is 2.40. The lowest BCUT2D eigenvalue weighted by Crippen LogP contribution is -2.43. The van der Waals surface area contributed by atoms with Crippen LogP contribution in [-0.4, -0.2) is 25.8 Å². The second kappa shape index (κ2) is 5.22. The van der Waals surface area contributed by atoms with Crippen molar-refractivity contribution in [2.45, 2.75) is 32.7 Å². The minimum atomic E-state index is -0.460. The van der Waals surface area contributed by atoms with E-state index in [1.165, 1.54) is 12.1 Å². The second-order valence-corrected chi connectivity index (χ2v) is 5.10. The van der Waals surface area contributed by atoms with Crippen LogP contribution in [0.5, 0.6) is 0 Å². The number of ether oxygens (including phenoxy) is 1. The first kappa shape index (κ1) is 13.3. The molecular formula is C14H19F2NO. The zero-order chi connectivity index (χ0) is 13.3. The van der Waals surface area contributed by atoms with Crippen LogP contribution in [0.1, 0.15) is 32.3 Å². The maximum absolute atomic E-state index is 13.9. The molecule has 4 heteroatoms. The highest BCUT2D eigenvalue weighted by molar-refractivity contribution is 5.50. The average Bonchev–Trinajstić information content (AvgIpc) is 2.27. The van der Waals surface area contributed by atoms with E-state index in [1.54, 1.807) is 13.8 Å². The van der Waals surface area contributed by atoms with E-state index in [2.05, 4.69) is 0 Å². The molecule has 1 aromatic carbocycles. The zero-order valence-electron chi connectivity index (χ0n) is 11.0. The normalized spacial score (nSPS) is 20.6. The number of hydrogen-bond acceptors (Lipinski definition) is 2. The second-order valence-electron chi connectivity index (χ2n) is 5.10. The molecule has 0 bridgehead atoms. The predicted molar refractivity (Wildman–Crippen MR) is 68.1 cm³/mol. The molecule has 0 N–H and O–H groups in total. The Balaban J connectivity index is 2.35. The molecule has 1 aliphatic heterocycles. The SMILES string of the molecule is CC(C)c1c(F)cc(N2CCOC[C@@H]2C)cc1F. The molecule has 1 heterocycles. The van der Waals surface area contributed by atoms with Crippen LogP contribution in [0, 0.1) is 11.6 Å². The molecule has 0 spiro atoms. The highest BCUT2D eigenvalue weighted by Crippen LogP contribution is 2.28. The van der Waals surface area contributed by atoms with E-state index in [0.29, 0.717) is 25.4 Å². The topological polar surface area (TPSA) is 12.5 Å². The van der Waals surface area contributed by atoms with Crippen LogP contribution in [0.3, 0.4) is 0 Å². The standard InChI is InChI=1S/C14H19F2NO/c1-9(2)14-12(15)6-11(7-13(14)16)17-4-5-18-8-10(17)3/h6-7,9-10H,4-5,8H2,1-3H3/t10-/m0/s1. The van der Waals surface area contributed by atoms with Gasteiger partial charge in [-0.1, -0.05) is 13.8 Å². The molecule has 0 aromatic heterocycles.